The van der Waals surface area contributed by atoms with E-state index in [0.717, 1.165) is 12.2 Å². The molecular formula is C14H16O. The zero-order valence-corrected chi connectivity index (χ0v) is 9.02. The lowest BCUT2D eigenvalue weighted by atomic mass is 10.0. The zero-order chi connectivity index (χ0) is 10.5. The normalized spacial score (nSPS) is 19.8. The van der Waals surface area contributed by atoms with Crippen LogP contribution in [0.3, 0.4) is 0 Å². The molecule has 0 radical (unpaired) electrons. The first kappa shape index (κ1) is 10.0. The van der Waals surface area contributed by atoms with E-state index >= 15 is 0 Å². The maximum absolute atomic E-state index is 5.79. The van der Waals surface area contributed by atoms with E-state index < -0.39 is 0 Å². The highest BCUT2D eigenvalue weighted by Gasteiger charge is 2.10. The topological polar surface area (TPSA) is 9.23 Å². The summed E-state index contributed by atoms with van der Waals surface area (Å²) in [6.07, 6.45) is 7.40. The van der Waals surface area contributed by atoms with Crippen LogP contribution in [0.25, 0.3) is 0 Å². The summed E-state index contributed by atoms with van der Waals surface area (Å²) in [6.45, 7) is 2.87. The summed E-state index contributed by atoms with van der Waals surface area (Å²) in [5, 5.41) is 0. The lowest BCUT2D eigenvalue weighted by Gasteiger charge is -2.18. The predicted octanol–water partition coefficient (Wildman–Crippen LogP) is 3.68. The average Bonchev–Trinajstić information content (AvgIpc) is 2.29. The molecule has 1 aromatic carbocycles. The molecule has 1 aliphatic carbocycles. The second-order valence-corrected chi connectivity index (χ2v) is 3.91. The average molecular weight is 200 g/mol. The van der Waals surface area contributed by atoms with Crippen LogP contribution in [0, 0.1) is 5.92 Å². The fraction of sp³-hybridized carbons (Fsp3) is 0.286. The molecule has 0 saturated carbocycles. The first-order valence-corrected chi connectivity index (χ1v) is 5.39. The van der Waals surface area contributed by atoms with Crippen LogP contribution in [0.15, 0.2) is 54.3 Å². The van der Waals surface area contributed by atoms with E-state index in [2.05, 4.69) is 37.3 Å². The SMILES string of the molecule is CC1CC=CC=C1OCc1ccccc1. The fourth-order valence-electron chi connectivity index (χ4n) is 1.66. The van der Waals surface area contributed by atoms with Crippen LogP contribution in [0.4, 0.5) is 0 Å². The van der Waals surface area contributed by atoms with Crippen LogP contribution in [-0.2, 0) is 11.3 Å². The lowest BCUT2D eigenvalue weighted by molar-refractivity contribution is 0.167. The van der Waals surface area contributed by atoms with E-state index in [9.17, 15) is 0 Å². The van der Waals surface area contributed by atoms with E-state index in [1.54, 1.807) is 0 Å². The summed E-state index contributed by atoms with van der Waals surface area (Å²) in [4.78, 5) is 0. The van der Waals surface area contributed by atoms with Crippen LogP contribution in [0.5, 0.6) is 0 Å². The Bertz CT molecular complexity index is 362. The molecule has 0 aromatic heterocycles. The van der Waals surface area contributed by atoms with Gasteiger partial charge in [0, 0.05) is 5.92 Å². The Labute approximate surface area is 91.1 Å². The van der Waals surface area contributed by atoms with E-state index in [4.69, 9.17) is 4.74 Å². The molecule has 0 amide bonds. The van der Waals surface area contributed by atoms with Crippen molar-refractivity contribution in [2.45, 2.75) is 20.0 Å². The number of allylic oxidation sites excluding steroid dienone is 4. The van der Waals surface area contributed by atoms with Gasteiger partial charge in [0.2, 0.25) is 0 Å². The van der Waals surface area contributed by atoms with Crippen molar-refractivity contribution < 1.29 is 4.74 Å². The summed E-state index contributed by atoms with van der Waals surface area (Å²) in [7, 11) is 0. The maximum atomic E-state index is 5.79. The van der Waals surface area contributed by atoms with Crippen molar-refractivity contribution >= 4 is 0 Å². The van der Waals surface area contributed by atoms with Gasteiger partial charge in [0.25, 0.3) is 0 Å². The molecule has 0 fully saturated rings. The predicted molar refractivity (Wildman–Crippen MR) is 62.2 cm³/mol. The molecule has 2 rings (SSSR count). The van der Waals surface area contributed by atoms with Gasteiger partial charge < -0.3 is 4.74 Å². The van der Waals surface area contributed by atoms with Crippen molar-refractivity contribution in [2.75, 3.05) is 0 Å². The number of benzene rings is 1. The maximum Gasteiger partial charge on any atom is 0.113 e. The third kappa shape index (κ3) is 2.72. The van der Waals surface area contributed by atoms with Gasteiger partial charge in [0.15, 0.2) is 0 Å². The number of ether oxygens (including phenoxy) is 1. The molecule has 1 unspecified atom stereocenters. The summed E-state index contributed by atoms with van der Waals surface area (Å²) in [6, 6.07) is 10.3. The van der Waals surface area contributed by atoms with Gasteiger partial charge in [0.05, 0.1) is 5.76 Å². The monoisotopic (exact) mass is 200 g/mol. The van der Waals surface area contributed by atoms with Crippen LogP contribution in [-0.4, -0.2) is 0 Å². The molecular weight excluding hydrogens is 184 g/mol. The Hall–Kier alpha value is -1.50. The summed E-state index contributed by atoms with van der Waals surface area (Å²) in [5.41, 5.74) is 1.22. The molecule has 1 aliphatic rings. The molecule has 0 aliphatic heterocycles. The number of hydrogen-bond donors (Lipinski definition) is 0. The Morgan fingerprint density at radius 3 is 2.80 bits per heavy atom. The van der Waals surface area contributed by atoms with Crippen molar-refractivity contribution in [1.29, 1.82) is 0 Å². The smallest absolute Gasteiger partial charge is 0.113 e. The van der Waals surface area contributed by atoms with Gasteiger partial charge in [-0.1, -0.05) is 49.4 Å². The van der Waals surface area contributed by atoms with Gasteiger partial charge >= 0.3 is 0 Å². The molecule has 1 atom stereocenters. The quantitative estimate of drug-likeness (QED) is 0.723. The van der Waals surface area contributed by atoms with Crippen LogP contribution in [0.1, 0.15) is 18.9 Å². The largest absolute Gasteiger partial charge is 0.493 e. The summed E-state index contributed by atoms with van der Waals surface area (Å²) in [5.74, 6) is 1.61. The molecule has 15 heavy (non-hydrogen) atoms. The molecule has 0 spiro atoms. The molecule has 1 aromatic rings. The van der Waals surface area contributed by atoms with Crippen LogP contribution < -0.4 is 0 Å². The van der Waals surface area contributed by atoms with Gasteiger partial charge in [-0.15, -0.1) is 0 Å². The Morgan fingerprint density at radius 1 is 1.27 bits per heavy atom. The van der Waals surface area contributed by atoms with E-state index in [1.807, 2.05) is 18.2 Å². The molecule has 0 saturated heterocycles. The molecule has 1 heteroatoms. The first-order chi connectivity index (χ1) is 7.36. The second-order valence-electron chi connectivity index (χ2n) is 3.91. The molecule has 0 heterocycles. The third-order valence-corrected chi connectivity index (χ3v) is 2.62. The van der Waals surface area contributed by atoms with Crippen molar-refractivity contribution in [1.82, 2.24) is 0 Å². The standard InChI is InChI=1S/C14H16O/c1-12-7-5-6-10-14(12)15-11-13-8-3-2-4-9-13/h2-6,8-10,12H,7,11H2,1H3. The van der Waals surface area contributed by atoms with Gasteiger partial charge in [-0.05, 0) is 18.1 Å². The van der Waals surface area contributed by atoms with Crippen LogP contribution >= 0.6 is 0 Å². The number of rotatable bonds is 3. The van der Waals surface area contributed by atoms with E-state index in [-0.39, 0.29) is 0 Å². The Morgan fingerprint density at radius 2 is 2.07 bits per heavy atom. The van der Waals surface area contributed by atoms with Crippen molar-refractivity contribution in [3.8, 4) is 0 Å². The highest BCUT2D eigenvalue weighted by Crippen LogP contribution is 2.21. The fourth-order valence-corrected chi connectivity index (χ4v) is 1.66. The van der Waals surface area contributed by atoms with Crippen molar-refractivity contribution in [2.24, 2.45) is 5.92 Å². The van der Waals surface area contributed by atoms with Crippen molar-refractivity contribution in [3.63, 3.8) is 0 Å². The van der Waals surface area contributed by atoms with Gasteiger partial charge in [0.1, 0.15) is 6.61 Å². The van der Waals surface area contributed by atoms with E-state index in [0.29, 0.717) is 12.5 Å². The molecule has 78 valence electrons. The van der Waals surface area contributed by atoms with Gasteiger partial charge in [-0.25, -0.2) is 0 Å². The molecule has 0 N–H and O–H groups in total. The minimum Gasteiger partial charge on any atom is -0.493 e. The Balaban J connectivity index is 1.93. The first-order valence-electron chi connectivity index (χ1n) is 5.39. The summed E-state index contributed by atoms with van der Waals surface area (Å²) < 4.78 is 5.79. The van der Waals surface area contributed by atoms with Gasteiger partial charge in [-0.3, -0.25) is 0 Å². The van der Waals surface area contributed by atoms with E-state index in [1.165, 1.54) is 5.56 Å². The number of hydrogen-bond acceptors (Lipinski definition) is 1. The third-order valence-electron chi connectivity index (χ3n) is 2.62. The summed E-state index contributed by atoms with van der Waals surface area (Å²) >= 11 is 0. The highest BCUT2D eigenvalue weighted by molar-refractivity contribution is 5.17. The van der Waals surface area contributed by atoms with Crippen molar-refractivity contribution in [3.05, 3.63) is 59.9 Å². The molecule has 0 bridgehead atoms. The minimum atomic E-state index is 0.513. The lowest BCUT2D eigenvalue weighted by Crippen LogP contribution is -2.05. The highest BCUT2D eigenvalue weighted by atomic mass is 16.5. The van der Waals surface area contributed by atoms with Gasteiger partial charge in [-0.2, -0.15) is 0 Å². The molecule has 1 nitrogen and oxygen atoms in total. The van der Waals surface area contributed by atoms with Crippen LogP contribution in [0.2, 0.25) is 0 Å². The Kier molecular flexibility index (Phi) is 3.23. The zero-order valence-electron chi connectivity index (χ0n) is 9.02. The second kappa shape index (κ2) is 4.83. The minimum absolute atomic E-state index is 0.513.